The number of thioether (sulfide) groups is 1. The van der Waals surface area contributed by atoms with E-state index in [4.69, 9.17) is 16.0 Å². The third-order valence-electron chi connectivity index (χ3n) is 2.80. The number of rotatable bonds is 4. The number of nitrogens with one attached hydrogen (secondary N) is 1. The molecule has 0 fully saturated rings. The van der Waals surface area contributed by atoms with Crippen LogP contribution in [0.5, 0.6) is 0 Å². The van der Waals surface area contributed by atoms with Crippen LogP contribution in [-0.2, 0) is 4.79 Å². The molecule has 7 heteroatoms. The summed E-state index contributed by atoms with van der Waals surface area (Å²) in [5, 5.41) is 3.92. The zero-order valence-electron chi connectivity index (χ0n) is 11.2. The van der Waals surface area contributed by atoms with Gasteiger partial charge in [-0.25, -0.2) is 4.98 Å². The van der Waals surface area contributed by atoms with E-state index in [1.807, 2.05) is 24.3 Å². The summed E-state index contributed by atoms with van der Waals surface area (Å²) in [5.74, 6) is 0.125. The highest BCUT2D eigenvalue weighted by Crippen LogP contribution is 2.26. The molecule has 0 saturated carbocycles. The number of hydrogen-bond acceptors (Lipinski definition) is 4. The minimum absolute atomic E-state index is 0.102. The van der Waals surface area contributed by atoms with Gasteiger partial charge in [-0.3, -0.25) is 4.79 Å². The summed E-state index contributed by atoms with van der Waals surface area (Å²) in [6.45, 7) is 0. The molecule has 112 valence electrons. The van der Waals surface area contributed by atoms with Crippen LogP contribution in [0.2, 0.25) is 5.02 Å². The van der Waals surface area contributed by atoms with E-state index >= 15 is 0 Å². The lowest BCUT2D eigenvalue weighted by Gasteiger charge is -2.05. The summed E-state index contributed by atoms with van der Waals surface area (Å²) >= 11 is 9.34. The van der Waals surface area contributed by atoms with Crippen molar-refractivity contribution in [3.8, 4) is 0 Å². The first-order chi connectivity index (χ1) is 10.6. The number of hydrogen-bond donors (Lipinski definition) is 1. The van der Waals surface area contributed by atoms with Gasteiger partial charge in [0.15, 0.2) is 5.58 Å². The van der Waals surface area contributed by atoms with Crippen LogP contribution in [0.1, 0.15) is 0 Å². The quantitative estimate of drug-likeness (QED) is 0.463. The number of nitrogens with zero attached hydrogens (tertiary/aromatic N) is 1. The van der Waals surface area contributed by atoms with Crippen molar-refractivity contribution >= 4 is 68.6 Å². The third-order valence-corrected chi connectivity index (χ3v) is 4.81. The van der Waals surface area contributed by atoms with Crippen LogP contribution < -0.4 is 5.32 Å². The average Bonchev–Trinajstić information content (AvgIpc) is 2.89. The van der Waals surface area contributed by atoms with Crippen LogP contribution in [0.3, 0.4) is 0 Å². The van der Waals surface area contributed by atoms with Crippen LogP contribution in [-0.4, -0.2) is 16.6 Å². The zero-order chi connectivity index (χ0) is 15.5. The summed E-state index contributed by atoms with van der Waals surface area (Å²) in [6.07, 6.45) is 0. The van der Waals surface area contributed by atoms with Crippen LogP contribution in [0.25, 0.3) is 11.1 Å². The van der Waals surface area contributed by atoms with Crippen LogP contribution in [0, 0.1) is 3.57 Å². The van der Waals surface area contributed by atoms with Gasteiger partial charge in [-0.2, -0.15) is 0 Å². The minimum atomic E-state index is -0.102. The van der Waals surface area contributed by atoms with Gasteiger partial charge in [-0.15, -0.1) is 0 Å². The van der Waals surface area contributed by atoms with Gasteiger partial charge < -0.3 is 9.73 Å². The van der Waals surface area contributed by atoms with Crippen molar-refractivity contribution in [3.63, 3.8) is 0 Å². The monoisotopic (exact) mass is 444 g/mol. The van der Waals surface area contributed by atoms with Gasteiger partial charge >= 0.3 is 0 Å². The number of carbonyl (C=O) groups excluding carboxylic acids is 1. The fourth-order valence-electron chi connectivity index (χ4n) is 1.82. The first-order valence-electron chi connectivity index (χ1n) is 6.35. The van der Waals surface area contributed by atoms with Crippen molar-refractivity contribution in [2.24, 2.45) is 0 Å². The van der Waals surface area contributed by atoms with Crippen molar-refractivity contribution < 1.29 is 9.21 Å². The van der Waals surface area contributed by atoms with E-state index in [9.17, 15) is 4.79 Å². The Labute approximate surface area is 149 Å². The molecule has 0 spiro atoms. The molecule has 1 amide bonds. The fourth-order valence-corrected chi connectivity index (χ4v) is 3.14. The molecule has 0 aliphatic heterocycles. The number of aromatic nitrogens is 1. The van der Waals surface area contributed by atoms with Gasteiger partial charge in [0.1, 0.15) is 5.52 Å². The average molecular weight is 445 g/mol. The second-order valence-electron chi connectivity index (χ2n) is 4.41. The molecular weight excluding hydrogens is 435 g/mol. The number of amides is 1. The number of benzene rings is 2. The molecule has 4 nitrogen and oxygen atoms in total. The first-order valence-corrected chi connectivity index (χ1v) is 8.79. The lowest BCUT2D eigenvalue weighted by Crippen LogP contribution is -2.14. The molecule has 22 heavy (non-hydrogen) atoms. The predicted molar refractivity (Wildman–Crippen MR) is 97.5 cm³/mol. The van der Waals surface area contributed by atoms with Gasteiger partial charge in [0.05, 0.1) is 11.4 Å². The number of halogens is 2. The highest BCUT2D eigenvalue weighted by Gasteiger charge is 2.10. The maximum absolute atomic E-state index is 12.0. The van der Waals surface area contributed by atoms with Crippen molar-refractivity contribution in [3.05, 3.63) is 51.1 Å². The molecule has 1 N–H and O–H groups in total. The van der Waals surface area contributed by atoms with Gasteiger partial charge in [0.2, 0.25) is 5.91 Å². The molecule has 0 atom stereocenters. The van der Waals surface area contributed by atoms with Crippen LogP contribution in [0.4, 0.5) is 5.69 Å². The summed E-state index contributed by atoms with van der Waals surface area (Å²) < 4.78 is 6.55. The van der Waals surface area contributed by atoms with E-state index in [1.165, 1.54) is 11.8 Å². The Balaban J connectivity index is 1.63. The molecule has 0 bridgehead atoms. The molecule has 2 aromatic carbocycles. The van der Waals surface area contributed by atoms with Gasteiger partial charge in [0.25, 0.3) is 5.22 Å². The Hall–Kier alpha value is -1.25. The topological polar surface area (TPSA) is 55.1 Å². The Morgan fingerprint density at radius 1 is 1.32 bits per heavy atom. The largest absolute Gasteiger partial charge is 0.431 e. The summed E-state index contributed by atoms with van der Waals surface area (Å²) in [5.41, 5.74) is 2.15. The maximum atomic E-state index is 12.0. The second-order valence-corrected chi connectivity index (χ2v) is 6.93. The number of para-hydroxylation sites is 1. The van der Waals surface area contributed by atoms with Crippen LogP contribution in [0.15, 0.2) is 52.1 Å². The Morgan fingerprint density at radius 2 is 2.14 bits per heavy atom. The first kappa shape index (κ1) is 15.6. The van der Waals surface area contributed by atoms with E-state index < -0.39 is 0 Å². The van der Waals surface area contributed by atoms with E-state index in [1.54, 1.807) is 18.2 Å². The third kappa shape index (κ3) is 3.74. The lowest BCUT2D eigenvalue weighted by molar-refractivity contribution is -0.113. The molecule has 1 aromatic heterocycles. The summed E-state index contributed by atoms with van der Waals surface area (Å²) in [7, 11) is 0. The highest BCUT2D eigenvalue weighted by atomic mass is 127. The van der Waals surface area contributed by atoms with Crippen molar-refractivity contribution in [2.45, 2.75) is 5.22 Å². The van der Waals surface area contributed by atoms with E-state index in [-0.39, 0.29) is 11.7 Å². The second kappa shape index (κ2) is 6.89. The zero-order valence-corrected chi connectivity index (χ0v) is 14.9. The number of oxazole rings is 1. The van der Waals surface area contributed by atoms with Gasteiger partial charge in [0, 0.05) is 8.59 Å². The summed E-state index contributed by atoms with van der Waals surface area (Å²) in [6, 6.07) is 12.9. The molecular formula is C15H10ClIN2O2S. The number of fused-ring (bicyclic) bond motifs is 1. The molecule has 0 unspecified atom stereocenters. The van der Waals surface area contributed by atoms with Gasteiger partial charge in [-0.05, 0) is 52.9 Å². The molecule has 3 aromatic rings. The van der Waals surface area contributed by atoms with E-state index in [2.05, 4.69) is 32.9 Å². The molecule has 3 rings (SSSR count). The van der Waals surface area contributed by atoms with Crippen LogP contribution >= 0.6 is 46.0 Å². The van der Waals surface area contributed by atoms with Gasteiger partial charge in [-0.1, -0.05) is 35.5 Å². The molecule has 1 heterocycles. The molecule has 0 radical (unpaired) electrons. The molecule has 0 saturated heterocycles. The molecule has 0 aliphatic carbocycles. The Kier molecular flexibility index (Phi) is 4.90. The van der Waals surface area contributed by atoms with E-state index in [0.717, 1.165) is 9.26 Å². The highest BCUT2D eigenvalue weighted by molar-refractivity contribution is 14.1. The number of carbonyl (C=O) groups is 1. The Bertz CT molecular complexity index is 837. The standard InChI is InChI=1S/C15H10ClIN2O2S/c16-9-5-6-13-12(7-9)19-15(21-13)22-8-14(20)18-11-4-2-1-3-10(11)17/h1-7H,8H2,(H,18,20). The van der Waals surface area contributed by atoms with E-state index in [0.29, 0.717) is 21.3 Å². The summed E-state index contributed by atoms with van der Waals surface area (Å²) in [4.78, 5) is 16.3. The SMILES string of the molecule is O=C(CSc1nc2cc(Cl)ccc2o1)Nc1ccccc1I. The normalized spacial score (nSPS) is 10.8. The maximum Gasteiger partial charge on any atom is 0.257 e. The van der Waals surface area contributed by atoms with Crippen molar-refractivity contribution in [1.29, 1.82) is 0 Å². The Morgan fingerprint density at radius 3 is 2.95 bits per heavy atom. The predicted octanol–water partition coefficient (Wildman–Crippen LogP) is 4.82. The van der Waals surface area contributed by atoms with Crippen molar-refractivity contribution in [2.75, 3.05) is 11.1 Å². The van der Waals surface area contributed by atoms with Crippen molar-refractivity contribution in [1.82, 2.24) is 4.98 Å². The smallest absolute Gasteiger partial charge is 0.257 e. The minimum Gasteiger partial charge on any atom is -0.431 e. The fraction of sp³-hybridized carbons (Fsp3) is 0.0667. The molecule has 0 aliphatic rings. The number of anilines is 1. The lowest BCUT2D eigenvalue weighted by atomic mass is 10.3.